The van der Waals surface area contributed by atoms with Crippen LogP contribution in [-0.4, -0.2) is 62.1 Å². The molecule has 6 nitrogen and oxygen atoms in total. The van der Waals surface area contributed by atoms with Gasteiger partial charge in [-0.05, 0) is 37.1 Å². The first-order valence-corrected chi connectivity index (χ1v) is 8.89. The van der Waals surface area contributed by atoms with Crippen LogP contribution in [0.4, 0.5) is 10.5 Å². The maximum absolute atomic E-state index is 12.7. The Morgan fingerprint density at radius 2 is 1.88 bits per heavy atom. The van der Waals surface area contributed by atoms with E-state index in [9.17, 15) is 9.59 Å². The molecule has 3 amide bonds. The number of rotatable bonds is 2. The van der Waals surface area contributed by atoms with Crippen LogP contribution in [0.3, 0.4) is 0 Å². The minimum absolute atomic E-state index is 0.0868. The highest BCUT2D eigenvalue weighted by Crippen LogP contribution is 2.45. The molecule has 2 aliphatic heterocycles. The van der Waals surface area contributed by atoms with Gasteiger partial charge in [-0.3, -0.25) is 4.79 Å². The number of nitrogens with one attached hydrogen (secondary N) is 1. The molecule has 1 spiro atoms. The van der Waals surface area contributed by atoms with Crippen LogP contribution in [0.1, 0.15) is 12.8 Å². The van der Waals surface area contributed by atoms with E-state index in [1.54, 1.807) is 48.2 Å². The summed E-state index contributed by atoms with van der Waals surface area (Å²) >= 11 is 5.88. The van der Waals surface area contributed by atoms with Gasteiger partial charge in [0.15, 0.2) is 0 Å². The maximum Gasteiger partial charge on any atom is 0.321 e. The van der Waals surface area contributed by atoms with Gasteiger partial charge < -0.3 is 19.9 Å². The molecule has 1 aromatic rings. The number of nitrogens with zero attached hydrogens (tertiary/aromatic N) is 2. The zero-order valence-electron chi connectivity index (χ0n) is 14.6. The molecule has 136 valence electrons. The lowest BCUT2D eigenvalue weighted by Gasteiger charge is -2.37. The van der Waals surface area contributed by atoms with E-state index < -0.39 is 0 Å². The number of carbonyl (C=O) groups is 2. The van der Waals surface area contributed by atoms with E-state index in [1.807, 2.05) is 0 Å². The number of urea groups is 1. The number of likely N-dealkylation sites (tertiary alicyclic amines) is 1. The lowest BCUT2D eigenvalue weighted by atomic mass is 9.71. The number of halogens is 1. The Morgan fingerprint density at radius 3 is 2.48 bits per heavy atom. The van der Waals surface area contributed by atoms with Gasteiger partial charge in [-0.15, -0.1) is 0 Å². The van der Waals surface area contributed by atoms with Gasteiger partial charge in [-0.2, -0.15) is 0 Å². The van der Waals surface area contributed by atoms with Crippen LogP contribution in [0, 0.1) is 11.3 Å². The van der Waals surface area contributed by atoms with E-state index in [4.69, 9.17) is 16.3 Å². The third-order valence-electron chi connectivity index (χ3n) is 5.26. The van der Waals surface area contributed by atoms with Gasteiger partial charge in [0, 0.05) is 56.5 Å². The van der Waals surface area contributed by atoms with Crippen molar-refractivity contribution in [3.8, 4) is 0 Å². The van der Waals surface area contributed by atoms with Crippen molar-refractivity contribution in [2.24, 2.45) is 11.3 Å². The number of anilines is 1. The highest BCUT2D eigenvalue weighted by atomic mass is 35.5. The summed E-state index contributed by atoms with van der Waals surface area (Å²) in [5, 5.41) is 3.52. The molecule has 1 atom stereocenters. The SMILES string of the molecule is CN(C)C(=O)C1CN(C(=O)Nc2ccc(Cl)cc2)CC12CCOCC2. The molecule has 25 heavy (non-hydrogen) atoms. The summed E-state index contributed by atoms with van der Waals surface area (Å²) in [7, 11) is 3.54. The summed E-state index contributed by atoms with van der Waals surface area (Å²) in [6.45, 7) is 2.31. The minimum atomic E-state index is -0.184. The highest BCUT2D eigenvalue weighted by Gasteiger charge is 2.52. The van der Waals surface area contributed by atoms with Gasteiger partial charge in [0.05, 0.1) is 5.92 Å². The Bertz CT molecular complexity index is 641. The lowest BCUT2D eigenvalue weighted by Crippen LogP contribution is -2.44. The molecule has 0 bridgehead atoms. The highest BCUT2D eigenvalue weighted by molar-refractivity contribution is 6.30. The molecule has 2 aliphatic rings. The zero-order chi connectivity index (χ0) is 18.0. The molecule has 1 aromatic carbocycles. The zero-order valence-corrected chi connectivity index (χ0v) is 15.4. The van der Waals surface area contributed by atoms with E-state index in [-0.39, 0.29) is 23.3 Å². The monoisotopic (exact) mass is 365 g/mol. The third-order valence-corrected chi connectivity index (χ3v) is 5.51. The molecular formula is C18H24ClN3O3. The van der Waals surface area contributed by atoms with Crippen LogP contribution in [0.2, 0.25) is 5.02 Å². The van der Waals surface area contributed by atoms with E-state index in [1.165, 1.54) is 0 Å². The summed E-state index contributed by atoms with van der Waals surface area (Å²) in [4.78, 5) is 28.8. The second-order valence-electron chi connectivity index (χ2n) is 7.08. The predicted octanol–water partition coefficient (Wildman–Crippen LogP) is 2.69. The molecule has 2 heterocycles. The van der Waals surface area contributed by atoms with Crippen LogP contribution < -0.4 is 5.32 Å². The molecule has 1 N–H and O–H groups in total. The lowest BCUT2D eigenvalue weighted by molar-refractivity contribution is -0.138. The quantitative estimate of drug-likeness (QED) is 0.876. The Labute approximate surface area is 153 Å². The fourth-order valence-electron chi connectivity index (χ4n) is 3.80. The van der Waals surface area contributed by atoms with Gasteiger partial charge in [0.25, 0.3) is 0 Å². The molecule has 1 unspecified atom stereocenters. The number of hydrogen-bond acceptors (Lipinski definition) is 3. The molecule has 2 fully saturated rings. The average Bonchev–Trinajstić information content (AvgIpc) is 2.95. The largest absolute Gasteiger partial charge is 0.381 e. The van der Waals surface area contributed by atoms with Crippen LogP contribution in [0.25, 0.3) is 0 Å². The van der Waals surface area contributed by atoms with Gasteiger partial charge in [-0.1, -0.05) is 11.6 Å². The van der Waals surface area contributed by atoms with Gasteiger partial charge in [0.1, 0.15) is 0 Å². The first kappa shape index (κ1) is 18.0. The molecule has 7 heteroatoms. The van der Waals surface area contributed by atoms with E-state index >= 15 is 0 Å². The van der Waals surface area contributed by atoms with Gasteiger partial charge in [0.2, 0.25) is 5.91 Å². The molecule has 0 aliphatic carbocycles. The summed E-state index contributed by atoms with van der Waals surface area (Å²) < 4.78 is 5.49. The van der Waals surface area contributed by atoms with Crippen molar-refractivity contribution in [3.63, 3.8) is 0 Å². The second-order valence-corrected chi connectivity index (χ2v) is 7.51. The average molecular weight is 366 g/mol. The van der Waals surface area contributed by atoms with E-state index in [0.717, 1.165) is 12.8 Å². The molecule has 2 saturated heterocycles. The number of ether oxygens (including phenoxy) is 1. The summed E-state index contributed by atoms with van der Waals surface area (Å²) in [5.41, 5.74) is 0.509. The third kappa shape index (κ3) is 3.75. The number of amides is 3. The Hall–Kier alpha value is -1.79. The first-order valence-electron chi connectivity index (χ1n) is 8.52. The normalized spacial score (nSPS) is 22.0. The van der Waals surface area contributed by atoms with E-state index in [0.29, 0.717) is 37.0 Å². The van der Waals surface area contributed by atoms with Crippen LogP contribution in [0.15, 0.2) is 24.3 Å². The Morgan fingerprint density at radius 1 is 1.24 bits per heavy atom. The van der Waals surface area contributed by atoms with Gasteiger partial charge >= 0.3 is 6.03 Å². The van der Waals surface area contributed by atoms with Crippen LogP contribution in [0.5, 0.6) is 0 Å². The summed E-state index contributed by atoms with van der Waals surface area (Å²) in [6, 6.07) is 6.83. The summed E-state index contributed by atoms with van der Waals surface area (Å²) in [5.74, 6) is -0.0916. The van der Waals surface area contributed by atoms with Crippen molar-refractivity contribution in [1.82, 2.24) is 9.80 Å². The predicted molar refractivity (Wildman–Crippen MR) is 96.7 cm³/mol. The number of hydrogen-bond donors (Lipinski definition) is 1. The van der Waals surface area contributed by atoms with Crippen molar-refractivity contribution in [2.45, 2.75) is 12.8 Å². The second kappa shape index (κ2) is 7.22. The fraction of sp³-hybridized carbons (Fsp3) is 0.556. The molecule has 3 rings (SSSR count). The van der Waals surface area contributed by atoms with Crippen molar-refractivity contribution >= 4 is 29.2 Å². The maximum atomic E-state index is 12.7. The summed E-state index contributed by atoms with van der Waals surface area (Å²) in [6.07, 6.45) is 1.62. The molecule has 0 aromatic heterocycles. The number of benzene rings is 1. The van der Waals surface area contributed by atoms with E-state index in [2.05, 4.69) is 5.32 Å². The minimum Gasteiger partial charge on any atom is -0.381 e. The van der Waals surface area contributed by atoms with Crippen molar-refractivity contribution in [1.29, 1.82) is 0 Å². The Balaban J connectivity index is 1.75. The van der Waals surface area contributed by atoms with Crippen LogP contribution >= 0.6 is 11.6 Å². The smallest absolute Gasteiger partial charge is 0.321 e. The standard InChI is InChI=1S/C18H24ClN3O3/c1-21(2)16(23)15-11-22(12-18(15)7-9-25-10-8-18)17(24)20-14-5-3-13(19)4-6-14/h3-6,15H,7-12H2,1-2H3,(H,20,24). The topological polar surface area (TPSA) is 61.9 Å². The van der Waals surface area contributed by atoms with Crippen molar-refractivity contribution < 1.29 is 14.3 Å². The fourth-order valence-corrected chi connectivity index (χ4v) is 3.92. The van der Waals surface area contributed by atoms with Gasteiger partial charge in [-0.25, -0.2) is 4.79 Å². The number of carbonyl (C=O) groups excluding carboxylic acids is 2. The molecular weight excluding hydrogens is 342 g/mol. The first-order chi connectivity index (χ1) is 11.9. The molecule has 0 saturated carbocycles. The van der Waals surface area contributed by atoms with Crippen LogP contribution in [-0.2, 0) is 9.53 Å². The molecule has 0 radical (unpaired) electrons. The Kier molecular flexibility index (Phi) is 5.20. The van der Waals surface area contributed by atoms with Crippen molar-refractivity contribution in [3.05, 3.63) is 29.3 Å². The van der Waals surface area contributed by atoms with Crippen molar-refractivity contribution in [2.75, 3.05) is 45.7 Å².